The van der Waals surface area contributed by atoms with E-state index in [1.165, 1.54) is 6.42 Å². The molecule has 1 aliphatic heterocycles. The highest BCUT2D eigenvalue weighted by Crippen LogP contribution is 1.97. The summed E-state index contributed by atoms with van der Waals surface area (Å²) in [4.78, 5) is 0. The minimum Gasteiger partial charge on any atom is -0.330 e. The van der Waals surface area contributed by atoms with Crippen molar-refractivity contribution in [2.45, 2.75) is 18.9 Å². The van der Waals surface area contributed by atoms with E-state index in [2.05, 4.69) is 10.6 Å². The highest BCUT2D eigenvalue weighted by Gasteiger charge is 2.13. The van der Waals surface area contributed by atoms with Gasteiger partial charge in [-0.3, -0.25) is 0 Å². The van der Waals surface area contributed by atoms with Crippen LogP contribution >= 0.6 is 0 Å². The van der Waals surface area contributed by atoms with E-state index in [1.807, 2.05) is 0 Å². The molecule has 0 saturated carbocycles. The Morgan fingerprint density at radius 3 is 3.10 bits per heavy atom. The van der Waals surface area contributed by atoms with Crippen molar-refractivity contribution in [1.82, 2.24) is 10.6 Å². The zero-order chi connectivity index (χ0) is 7.23. The minimum atomic E-state index is 0.645. The summed E-state index contributed by atoms with van der Waals surface area (Å²) in [6, 6.07) is 0.645. The average molecular weight is 142 g/mol. The molecule has 0 spiro atoms. The van der Waals surface area contributed by atoms with Crippen LogP contribution in [-0.4, -0.2) is 32.2 Å². The van der Waals surface area contributed by atoms with Gasteiger partial charge in [0, 0.05) is 19.1 Å². The number of rotatable bonds is 4. The van der Waals surface area contributed by atoms with Gasteiger partial charge in [0.05, 0.1) is 0 Å². The van der Waals surface area contributed by atoms with Gasteiger partial charge in [-0.15, -0.1) is 0 Å². The van der Waals surface area contributed by atoms with Crippen LogP contribution in [0.5, 0.6) is 0 Å². The van der Waals surface area contributed by atoms with Crippen LogP contribution in [-0.2, 0) is 0 Å². The van der Waals surface area contributed by atoms with Crippen LogP contribution in [0, 0.1) is 0 Å². The van der Waals surface area contributed by atoms with Crippen molar-refractivity contribution in [3.63, 3.8) is 0 Å². The van der Waals surface area contributed by atoms with E-state index in [9.17, 15) is 0 Å². The Hall–Kier alpha value is -0.120. The van der Waals surface area contributed by atoms with Gasteiger partial charge in [0.25, 0.3) is 0 Å². The fraction of sp³-hybridized carbons (Fsp3) is 1.00. The molecule has 1 heterocycles. The van der Waals surface area contributed by atoms with Gasteiger partial charge >= 0.3 is 0 Å². The van der Waals surface area contributed by atoms with E-state index < -0.39 is 0 Å². The first-order valence-electron chi connectivity index (χ1n) is 4.00. The maximum Gasteiger partial charge on any atom is 0.0288 e. The first kappa shape index (κ1) is 7.98. The Morgan fingerprint density at radius 1 is 1.60 bits per heavy atom. The number of nitrogens with two attached hydrogens (primary N) is 1. The van der Waals surface area contributed by atoms with Crippen molar-refractivity contribution in [3.8, 4) is 0 Å². The molecule has 3 N–H and O–H groups in total. The molecule has 3 heteroatoms. The van der Waals surface area contributed by atoms with E-state index in [4.69, 9.17) is 5.73 Å². The molecule has 1 radical (unpaired) electrons. The topological polar surface area (TPSA) is 52.1 Å². The molecule has 0 aromatic heterocycles. The Kier molecular flexibility index (Phi) is 3.72. The summed E-state index contributed by atoms with van der Waals surface area (Å²) in [6.07, 6.45) is 2.29. The van der Waals surface area contributed by atoms with E-state index in [0.717, 1.165) is 32.6 Å². The van der Waals surface area contributed by atoms with Gasteiger partial charge in [-0.05, 0) is 25.9 Å². The van der Waals surface area contributed by atoms with Gasteiger partial charge in [-0.2, -0.15) is 0 Å². The quantitative estimate of drug-likeness (QED) is 0.510. The van der Waals surface area contributed by atoms with Gasteiger partial charge < -0.3 is 11.1 Å². The first-order chi connectivity index (χ1) is 4.93. The lowest BCUT2D eigenvalue weighted by molar-refractivity contribution is 0.538. The monoisotopic (exact) mass is 142 g/mol. The average Bonchev–Trinajstić information content (AvgIpc) is 2.41. The molecule has 1 aliphatic rings. The predicted molar refractivity (Wildman–Crippen MR) is 41.9 cm³/mol. The fourth-order valence-corrected chi connectivity index (χ4v) is 1.16. The third-order valence-corrected chi connectivity index (χ3v) is 1.80. The zero-order valence-electron chi connectivity index (χ0n) is 6.34. The number of nitrogens with zero attached hydrogens (tertiary/aromatic N) is 1. The van der Waals surface area contributed by atoms with Crippen LogP contribution in [0.15, 0.2) is 0 Å². The largest absolute Gasteiger partial charge is 0.330 e. The van der Waals surface area contributed by atoms with Crippen LogP contribution in [0.1, 0.15) is 12.8 Å². The van der Waals surface area contributed by atoms with Gasteiger partial charge in [0.2, 0.25) is 0 Å². The lowest BCUT2D eigenvalue weighted by Crippen LogP contribution is -2.31. The highest BCUT2D eigenvalue weighted by molar-refractivity contribution is 4.76. The van der Waals surface area contributed by atoms with Crippen molar-refractivity contribution in [2.75, 3.05) is 26.2 Å². The highest BCUT2D eigenvalue weighted by atomic mass is 15.0. The van der Waals surface area contributed by atoms with E-state index in [-0.39, 0.29) is 0 Å². The van der Waals surface area contributed by atoms with Gasteiger partial charge in [0.1, 0.15) is 0 Å². The molecule has 1 rings (SSSR count). The van der Waals surface area contributed by atoms with Gasteiger partial charge in [-0.25, -0.2) is 5.32 Å². The summed E-state index contributed by atoms with van der Waals surface area (Å²) >= 11 is 0. The van der Waals surface area contributed by atoms with Gasteiger partial charge in [-0.1, -0.05) is 0 Å². The normalized spacial score (nSPS) is 25.5. The van der Waals surface area contributed by atoms with Crippen LogP contribution in [0.25, 0.3) is 0 Å². The van der Waals surface area contributed by atoms with Crippen LogP contribution in [0.4, 0.5) is 0 Å². The molecule has 10 heavy (non-hydrogen) atoms. The van der Waals surface area contributed by atoms with E-state index in [0.29, 0.717) is 6.04 Å². The van der Waals surface area contributed by atoms with Crippen LogP contribution < -0.4 is 16.4 Å². The maximum absolute atomic E-state index is 5.35. The molecule has 0 unspecified atom stereocenters. The standard InChI is InChI=1S/C7H16N3/c8-3-1-4-10-7-2-5-9-6-7/h7,10H,1-6,8H2/t7-/m0/s1. The Morgan fingerprint density at radius 2 is 2.50 bits per heavy atom. The summed E-state index contributed by atoms with van der Waals surface area (Å²) in [7, 11) is 0. The molecular formula is C7H16N3. The minimum absolute atomic E-state index is 0.645. The molecule has 0 amide bonds. The summed E-state index contributed by atoms with van der Waals surface area (Å²) in [5.41, 5.74) is 5.35. The number of hydrogen-bond acceptors (Lipinski definition) is 2. The van der Waals surface area contributed by atoms with Crippen molar-refractivity contribution in [2.24, 2.45) is 5.73 Å². The maximum atomic E-state index is 5.35. The summed E-state index contributed by atoms with van der Waals surface area (Å²) in [5.74, 6) is 0. The van der Waals surface area contributed by atoms with E-state index >= 15 is 0 Å². The second-order valence-electron chi connectivity index (χ2n) is 2.71. The molecule has 0 aromatic rings. The molecular weight excluding hydrogens is 126 g/mol. The SMILES string of the molecule is NCCCN[C@H]1CC[N]C1. The summed E-state index contributed by atoms with van der Waals surface area (Å²) in [6.45, 7) is 3.89. The van der Waals surface area contributed by atoms with Crippen molar-refractivity contribution < 1.29 is 0 Å². The Balaban J connectivity index is 1.91. The lowest BCUT2D eigenvalue weighted by Gasteiger charge is -2.08. The molecule has 0 aromatic carbocycles. The van der Waals surface area contributed by atoms with Crippen molar-refractivity contribution in [3.05, 3.63) is 0 Å². The Bertz CT molecular complexity index is 78.9. The predicted octanol–water partition coefficient (Wildman–Crippen LogP) is -0.698. The van der Waals surface area contributed by atoms with Gasteiger partial charge in [0.15, 0.2) is 0 Å². The molecule has 0 aliphatic carbocycles. The molecule has 1 atom stereocenters. The molecule has 1 fully saturated rings. The van der Waals surface area contributed by atoms with Crippen molar-refractivity contribution >= 4 is 0 Å². The zero-order valence-corrected chi connectivity index (χ0v) is 6.34. The summed E-state index contributed by atoms with van der Waals surface area (Å²) in [5, 5.41) is 7.66. The van der Waals surface area contributed by atoms with Crippen molar-refractivity contribution in [1.29, 1.82) is 0 Å². The Labute approximate surface area is 62.4 Å². The smallest absolute Gasteiger partial charge is 0.0288 e. The second kappa shape index (κ2) is 4.66. The number of hydrogen-bond donors (Lipinski definition) is 2. The molecule has 1 saturated heterocycles. The molecule has 3 nitrogen and oxygen atoms in total. The second-order valence-corrected chi connectivity index (χ2v) is 2.71. The summed E-state index contributed by atoms with van der Waals surface area (Å²) < 4.78 is 0. The third-order valence-electron chi connectivity index (χ3n) is 1.80. The molecule has 0 bridgehead atoms. The van der Waals surface area contributed by atoms with E-state index in [1.54, 1.807) is 0 Å². The van der Waals surface area contributed by atoms with Crippen LogP contribution in [0.2, 0.25) is 0 Å². The first-order valence-corrected chi connectivity index (χ1v) is 4.00. The number of nitrogens with one attached hydrogen (secondary N) is 1. The van der Waals surface area contributed by atoms with Crippen LogP contribution in [0.3, 0.4) is 0 Å². The lowest BCUT2D eigenvalue weighted by atomic mass is 10.2. The molecule has 59 valence electrons. The fourth-order valence-electron chi connectivity index (χ4n) is 1.16. The third kappa shape index (κ3) is 2.64.